The van der Waals surface area contributed by atoms with Crippen LogP contribution in [-0.2, 0) is 5.60 Å². The molecule has 0 aromatic heterocycles. The van der Waals surface area contributed by atoms with Crippen LogP contribution in [-0.4, -0.2) is 22.5 Å². The monoisotopic (exact) mass is 249 g/mol. The Bertz CT molecular complexity index is 412. The van der Waals surface area contributed by atoms with Gasteiger partial charge in [-0.2, -0.15) is 13.2 Å². The van der Waals surface area contributed by atoms with Crippen molar-refractivity contribution in [3.05, 3.63) is 29.8 Å². The predicted octanol–water partition coefficient (Wildman–Crippen LogP) is 2.55. The van der Waals surface area contributed by atoms with Crippen LogP contribution in [0, 0.1) is 0 Å². The Kier molecular flexibility index (Phi) is 3.33. The first-order chi connectivity index (χ1) is 7.64. The quantitative estimate of drug-likeness (QED) is 0.754. The van der Waals surface area contributed by atoms with Crippen LogP contribution in [0.5, 0.6) is 0 Å². The highest BCUT2D eigenvalue weighted by atomic mass is 19.4. The lowest BCUT2D eigenvalue weighted by atomic mass is 9.95. The highest BCUT2D eigenvalue weighted by molar-refractivity contribution is 5.82. The number of alkyl halides is 3. The van der Waals surface area contributed by atoms with Gasteiger partial charge in [-0.15, -0.1) is 0 Å². The van der Waals surface area contributed by atoms with E-state index in [0.717, 1.165) is 24.3 Å². The lowest BCUT2D eigenvalue weighted by Crippen LogP contribution is -2.39. The fraction of sp³-hybridized carbons (Fsp3) is 0.300. The summed E-state index contributed by atoms with van der Waals surface area (Å²) in [6.45, 7) is 0.632. The molecule has 0 unspecified atom stereocenters. The maximum atomic E-state index is 12.5. The zero-order chi connectivity index (χ0) is 13.3. The largest absolute Gasteiger partial charge is 0.465 e. The topological polar surface area (TPSA) is 69.6 Å². The number of aliphatic hydroxyl groups is 1. The number of rotatable bonds is 2. The summed E-state index contributed by atoms with van der Waals surface area (Å²) < 4.78 is 37.4. The summed E-state index contributed by atoms with van der Waals surface area (Å²) in [6, 6.07) is 4.31. The van der Waals surface area contributed by atoms with Crippen molar-refractivity contribution in [3.8, 4) is 0 Å². The van der Waals surface area contributed by atoms with E-state index in [1.165, 1.54) is 0 Å². The van der Waals surface area contributed by atoms with Crippen molar-refractivity contribution in [1.29, 1.82) is 0 Å². The smallest absolute Gasteiger partial charge is 0.421 e. The first-order valence-corrected chi connectivity index (χ1v) is 4.54. The van der Waals surface area contributed by atoms with Crippen LogP contribution in [0.15, 0.2) is 24.3 Å². The first kappa shape index (κ1) is 13.3. The summed E-state index contributed by atoms with van der Waals surface area (Å²) in [6.07, 6.45) is -6.12. The van der Waals surface area contributed by atoms with Crippen LogP contribution >= 0.6 is 0 Å². The minimum atomic E-state index is -4.80. The lowest BCUT2D eigenvalue weighted by molar-refractivity contribution is -0.258. The zero-order valence-electron chi connectivity index (χ0n) is 8.75. The van der Waals surface area contributed by atoms with Gasteiger partial charge in [0.1, 0.15) is 0 Å². The second-order valence-electron chi connectivity index (χ2n) is 3.58. The number of amides is 1. The number of anilines is 1. The van der Waals surface area contributed by atoms with Crippen molar-refractivity contribution >= 4 is 11.8 Å². The van der Waals surface area contributed by atoms with Crippen LogP contribution in [0.1, 0.15) is 12.5 Å². The van der Waals surface area contributed by atoms with E-state index in [9.17, 15) is 23.1 Å². The SMILES string of the molecule is C[C@@](O)(c1ccc(NC(=O)O)cc1)C(F)(F)F. The lowest BCUT2D eigenvalue weighted by Gasteiger charge is -2.26. The molecular formula is C10H10F3NO3. The Morgan fingerprint density at radius 3 is 2.06 bits per heavy atom. The Morgan fingerprint density at radius 1 is 1.24 bits per heavy atom. The van der Waals surface area contributed by atoms with Crippen molar-refractivity contribution in [2.24, 2.45) is 0 Å². The average Bonchev–Trinajstić information content (AvgIpc) is 2.15. The normalized spacial score (nSPS) is 15.1. The highest BCUT2D eigenvalue weighted by Crippen LogP contribution is 2.38. The van der Waals surface area contributed by atoms with E-state index in [-0.39, 0.29) is 11.3 Å². The molecular weight excluding hydrogens is 239 g/mol. The van der Waals surface area contributed by atoms with E-state index in [1.54, 1.807) is 0 Å². The Morgan fingerprint density at radius 2 is 1.71 bits per heavy atom. The van der Waals surface area contributed by atoms with E-state index in [1.807, 2.05) is 5.32 Å². The number of benzene rings is 1. The maximum absolute atomic E-state index is 12.5. The molecule has 0 radical (unpaired) electrons. The Labute approximate surface area is 94.7 Å². The maximum Gasteiger partial charge on any atom is 0.421 e. The number of hydrogen-bond donors (Lipinski definition) is 3. The minimum Gasteiger partial charge on any atom is -0.465 e. The van der Waals surface area contributed by atoms with E-state index in [0.29, 0.717) is 6.92 Å². The van der Waals surface area contributed by atoms with Gasteiger partial charge in [-0.05, 0) is 24.6 Å². The fourth-order valence-corrected chi connectivity index (χ4v) is 1.17. The highest BCUT2D eigenvalue weighted by Gasteiger charge is 2.51. The van der Waals surface area contributed by atoms with Crippen LogP contribution in [0.25, 0.3) is 0 Å². The molecule has 1 amide bonds. The molecule has 94 valence electrons. The van der Waals surface area contributed by atoms with Gasteiger partial charge in [0, 0.05) is 5.69 Å². The van der Waals surface area contributed by atoms with Crippen molar-refractivity contribution < 1.29 is 28.2 Å². The molecule has 1 aromatic rings. The molecule has 1 atom stereocenters. The number of carbonyl (C=O) groups is 1. The zero-order valence-corrected chi connectivity index (χ0v) is 8.75. The first-order valence-electron chi connectivity index (χ1n) is 4.54. The van der Waals surface area contributed by atoms with E-state index < -0.39 is 17.9 Å². The molecule has 1 rings (SSSR count). The Balaban J connectivity index is 2.99. The molecule has 0 saturated carbocycles. The van der Waals surface area contributed by atoms with Crippen molar-refractivity contribution in [1.82, 2.24) is 0 Å². The van der Waals surface area contributed by atoms with Gasteiger partial charge >= 0.3 is 12.3 Å². The molecule has 0 bridgehead atoms. The van der Waals surface area contributed by atoms with Gasteiger partial charge in [0.2, 0.25) is 0 Å². The van der Waals surface area contributed by atoms with Crippen molar-refractivity contribution in [2.45, 2.75) is 18.7 Å². The standard InChI is InChI=1S/C10H10F3NO3/c1-9(17,10(11,12)13)6-2-4-7(5-3-6)14-8(15)16/h2-5,14,17H,1H3,(H,15,16)/t9-/m1/s1. The van der Waals surface area contributed by atoms with Crippen LogP contribution in [0.4, 0.5) is 23.7 Å². The third-order valence-corrected chi connectivity index (χ3v) is 2.25. The van der Waals surface area contributed by atoms with Crippen molar-refractivity contribution in [3.63, 3.8) is 0 Å². The molecule has 0 aliphatic carbocycles. The number of carboxylic acid groups (broad SMARTS) is 1. The van der Waals surface area contributed by atoms with Gasteiger partial charge in [-0.1, -0.05) is 12.1 Å². The van der Waals surface area contributed by atoms with Gasteiger partial charge in [0.05, 0.1) is 0 Å². The fourth-order valence-electron chi connectivity index (χ4n) is 1.17. The minimum absolute atomic E-state index is 0.124. The molecule has 0 spiro atoms. The van der Waals surface area contributed by atoms with Crippen LogP contribution in [0.3, 0.4) is 0 Å². The van der Waals surface area contributed by atoms with Gasteiger partial charge in [0.15, 0.2) is 5.60 Å². The summed E-state index contributed by atoms with van der Waals surface area (Å²) in [5.74, 6) is 0. The van der Waals surface area contributed by atoms with Crippen LogP contribution < -0.4 is 5.32 Å². The summed E-state index contributed by atoms with van der Waals surface area (Å²) in [7, 11) is 0. The third-order valence-electron chi connectivity index (χ3n) is 2.25. The van der Waals surface area contributed by atoms with Gasteiger partial charge in [-0.3, -0.25) is 5.32 Å². The van der Waals surface area contributed by atoms with Gasteiger partial charge in [-0.25, -0.2) is 4.79 Å². The summed E-state index contributed by atoms with van der Waals surface area (Å²) in [4.78, 5) is 10.3. The number of nitrogens with one attached hydrogen (secondary N) is 1. The molecule has 0 aliphatic heterocycles. The molecule has 1 aromatic carbocycles. The molecule has 0 saturated heterocycles. The molecule has 0 fully saturated rings. The van der Waals surface area contributed by atoms with Gasteiger partial charge in [0.25, 0.3) is 0 Å². The molecule has 7 heteroatoms. The number of halogens is 3. The summed E-state index contributed by atoms with van der Waals surface area (Å²) >= 11 is 0. The summed E-state index contributed by atoms with van der Waals surface area (Å²) in [5.41, 5.74) is -3.20. The molecule has 0 heterocycles. The molecule has 4 nitrogen and oxygen atoms in total. The predicted molar refractivity (Wildman–Crippen MR) is 53.7 cm³/mol. The number of hydrogen-bond acceptors (Lipinski definition) is 2. The second kappa shape index (κ2) is 4.25. The van der Waals surface area contributed by atoms with E-state index in [4.69, 9.17) is 5.11 Å². The summed E-state index contributed by atoms with van der Waals surface area (Å²) in [5, 5.41) is 19.7. The Hall–Kier alpha value is -1.76. The molecule has 0 aliphatic rings. The molecule has 3 N–H and O–H groups in total. The second-order valence-corrected chi connectivity index (χ2v) is 3.58. The molecule has 17 heavy (non-hydrogen) atoms. The van der Waals surface area contributed by atoms with Crippen LogP contribution in [0.2, 0.25) is 0 Å². The van der Waals surface area contributed by atoms with E-state index >= 15 is 0 Å². The van der Waals surface area contributed by atoms with E-state index in [2.05, 4.69) is 0 Å². The third kappa shape index (κ3) is 2.88. The van der Waals surface area contributed by atoms with Gasteiger partial charge < -0.3 is 10.2 Å². The van der Waals surface area contributed by atoms with Crippen molar-refractivity contribution in [2.75, 3.05) is 5.32 Å². The average molecular weight is 249 g/mol.